The molecule has 0 unspecified atom stereocenters. The molecule has 0 spiro atoms. The van der Waals surface area contributed by atoms with E-state index < -0.39 is 18.3 Å². The van der Waals surface area contributed by atoms with E-state index in [-0.39, 0.29) is 0 Å². The lowest BCUT2D eigenvalue weighted by molar-refractivity contribution is -0.107. The van der Waals surface area contributed by atoms with E-state index in [4.69, 9.17) is 20.3 Å². The third kappa shape index (κ3) is 9.99. The lowest BCUT2D eigenvalue weighted by Crippen LogP contribution is -2.44. The summed E-state index contributed by atoms with van der Waals surface area (Å²) in [6, 6.07) is 0. The average molecular weight is 206 g/mol. The zero-order valence-electron chi connectivity index (χ0n) is 9.78. The molecule has 0 bridgehead atoms. The van der Waals surface area contributed by atoms with Gasteiger partial charge in [-0.3, -0.25) is 0 Å². The van der Waals surface area contributed by atoms with Gasteiger partial charge >= 0.3 is 7.12 Å². The van der Waals surface area contributed by atoms with Gasteiger partial charge in [0.2, 0.25) is 0 Å². The molecule has 14 heavy (non-hydrogen) atoms. The molecule has 4 N–H and O–H groups in total. The van der Waals surface area contributed by atoms with Gasteiger partial charge in [-0.2, -0.15) is 0 Å². The van der Waals surface area contributed by atoms with Gasteiger partial charge in [-0.15, -0.1) is 0 Å². The van der Waals surface area contributed by atoms with Crippen LogP contribution in [0.3, 0.4) is 0 Å². The van der Waals surface area contributed by atoms with Gasteiger partial charge in [0, 0.05) is 0 Å². The molecule has 5 heteroatoms. The van der Waals surface area contributed by atoms with Gasteiger partial charge in [0.15, 0.2) is 0 Å². The summed E-state index contributed by atoms with van der Waals surface area (Å²) in [6.07, 6.45) is 1.32. The predicted octanol–water partition coefficient (Wildman–Crippen LogP) is 0.397. The molecule has 0 radical (unpaired) electrons. The van der Waals surface area contributed by atoms with E-state index in [2.05, 4.69) is 0 Å². The highest BCUT2D eigenvalue weighted by molar-refractivity contribution is 6.40. The Morgan fingerprint density at radius 3 is 1.21 bits per heavy atom. The Kier molecular flexibility index (Phi) is 7.47. The summed E-state index contributed by atoms with van der Waals surface area (Å²) in [4.78, 5) is 0. The topological polar surface area (TPSA) is 80.9 Å². The van der Waals surface area contributed by atoms with Crippen LogP contribution in [-0.4, -0.2) is 38.6 Å². The minimum Gasteiger partial charge on any atom is -0.427 e. The molecule has 0 atom stereocenters. The van der Waals surface area contributed by atoms with Gasteiger partial charge in [0.1, 0.15) is 0 Å². The van der Waals surface area contributed by atoms with E-state index >= 15 is 0 Å². The molecular formula is C9H23BO4. The summed E-state index contributed by atoms with van der Waals surface area (Å²) in [5.74, 6) is 0. The van der Waals surface area contributed by atoms with Crippen molar-refractivity contribution in [3.05, 3.63) is 0 Å². The van der Waals surface area contributed by atoms with Gasteiger partial charge in [0.05, 0.1) is 11.2 Å². The fourth-order valence-corrected chi connectivity index (χ4v) is 0.258. The average Bonchev–Trinajstić information content (AvgIpc) is 1.82. The fourth-order valence-electron chi connectivity index (χ4n) is 0.258. The Bertz CT molecular complexity index is 123. The summed E-state index contributed by atoms with van der Waals surface area (Å²) in [5, 5.41) is 34.4. The van der Waals surface area contributed by atoms with Crippen molar-refractivity contribution in [2.45, 2.75) is 58.6 Å². The smallest absolute Gasteiger partial charge is 0.427 e. The zero-order chi connectivity index (χ0) is 12.0. The first-order valence-electron chi connectivity index (χ1n) is 4.83. The summed E-state index contributed by atoms with van der Waals surface area (Å²) < 4.78 is 0. The van der Waals surface area contributed by atoms with Crippen LogP contribution >= 0.6 is 0 Å². The largest absolute Gasteiger partial charge is 0.451 e. The number of rotatable bonds is 3. The highest BCUT2D eigenvalue weighted by Crippen LogP contribution is 2.19. The van der Waals surface area contributed by atoms with Crippen LogP contribution in [0.5, 0.6) is 0 Å². The Balaban J connectivity index is 0. The van der Waals surface area contributed by atoms with Crippen LogP contribution in [0.15, 0.2) is 0 Å². The van der Waals surface area contributed by atoms with E-state index in [0.717, 1.165) is 6.42 Å². The van der Waals surface area contributed by atoms with Crippen LogP contribution in [0.4, 0.5) is 0 Å². The molecule has 0 aliphatic carbocycles. The Labute approximate surface area is 86.7 Å². The molecule has 0 aromatic rings. The number of aliphatic hydroxyl groups is 2. The monoisotopic (exact) mass is 206 g/mol. The predicted molar refractivity (Wildman–Crippen MR) is 57.9 cm³/mol. The first-order valence-corrected chi connectivity index (χ1v) is 4.83. The molecule has 0 rings (SSSR count). The summed E-state index contributed by atoms with van der Waals surface area (Å²) in [5.41, 5.74) is -2.01. The van der Waals surface area contributed by atoms with Crippen LogP contribution < -0.4 is 0 Å². The fraction of sp³-hybridized carbons (Fsp3) is 1.00. The first-order chi connectivity index (χ1) is 6.02. The van der Waals surface area contributed by atoms with E-state index in [1.807, 2.05) is 6.92 Å². The van der Waals surface area contributed by atoms with Crippen molar-refractivity contribution in [3.8, 4) is 0 Å². The Hall–Kier alpha value is -0.0951. The molecule has 0 aliphatic rings. The van der Waals surface area contributed by atoms with Crippen LogP contribution in [-0.2, 0) is 0 Å². The minimum atomic E-state index is -1.10. The maximum Gasteiger partial charge on any atom is 0.451 e. The van der Waals surface area contributed by atoms with E-state index in [1.54, 1.807) is 27.7 Å². The zero-order valence-corrected chi connectivity index (χ0v) is 9.78. The maximum absolute atomic E-state index is 9.10. The van der Waals surface area contributed by atoms with Crippen molar-refractivity contribution in [2.75, 3.05) is 0 Å². The van der Waals surface area contributed by atoms with E-state index in [1.165, 1.54) is 0 Å². The summed E-state index contributed by atoms with van der Waals surface area (Å²) in [6.45, 7) is 8.21. The molecule has 0 aromatic heterocycles. The molecule has 0 aliphatic heterocycles. The summed E-state index contributed by atoms with van der Waals surface area (Å²) >= 11 is 0. The van der Waals surface area contributed by atoms with Gasteiger partial charge < -0.3 is 20.3 Å². The van der Waals surface area contributed by atoms with Gasteiger partial charge in [-0.25, -0.2) is 0 Å². The first kappa shape index (κ1) is 16.3. The van der Waals surface area contributed by atoms with Crippen LogP contribution in [0, 0.1) is 0 Å². The second kappa shape index (κ2) is 6.40. The number of hydrogen-bond acceptors (Lipinski definition) is 4. The minimum absolute atomic E-state index is 0.486. The molecule has 0 saturated heterocycles. The van der Waals surface area contributed by atoms with Gasteiger partial charge in [0.25, 0.3) is 0 Å². The molecule has 0 fully saturated rings. The standard InChI is InChI=1S/C6H14O2.C3H9BO2/c1-5(2,7)6(3,4)8;1-2-3-4(5)6/h7-8H,1-4H3;5-6H,2-3H2,1H3. The van der Waals surface area contributed by atoms with Crippen molar-refractivity contribution in [3.63, 3.8) is 0 Å². The van der Waals surface area contributed by atoms with Crippen molar-refractivity contribution < 1.29 is 20.3 Å². The highest BCUT2D eigenvalue weighted by atomic mass is 16.4. The highest BCUT2D eigenvalue weighted by Gasteiger charge is 2.31. The molecule has 0 aromatic carbocycles. The van der Waals surface area contributed by atoms with Crippen molar-refractivity contribution >= 4 is 7.12 Å². The van der Waals surface area contributed by atoms with Gasteiger partial charge in [-0.1, -0.05) is 13.3 Å². The van der Waals surface area contributed by atoms with Crippen molar-refractivity contribution in [1.29, 1.82) is 0 Å². The van der Waals surface area contributed by atoms with Crippen LogP contribution in [0.1, 0.15) is 41.0 Å². The van der Waals surface area contributed by atoms with E-state index in [9.17, 15) is 0 Å². The Morgan fingerprint density at radius 2 is 1.21 bits per heavy atom. The second-order valence-electron chi connectivity index (χ2n) is 4.39. The normalized spacial score (nSPS) is 11.8. The molecule has 0 amide bonds. The van der Waals surface area contributed by atoms with Crippen molar-refractivity contribution in [1.82, 2.24) is 0 Å². The molecule has 4 nitrogen and oxygen atoms in total. The van der Waals surface area contributed by atoms with Gasteiger partial charge in [-0.05, 0) is 34.0 Å². The third-order valence-electron chi connectivity index (χ3n) is 2.04. The van der Waals surface area contributed by atoms with E-state index in [0.29, 0.717) is 6.32 Å². The van der Waals surface area contributed by atoms with Crippen molar-refractivity contribution in [2.24, 2.45) is 0 Å². The van der Waals surface area contributed by atoms with Crippen LogP contribution in [0.25, 0.3) is 0 Å². The lowest BCUT2D eigenvalue weighted by atomic mass is 9.85. The molecule has 86 valence electrons. The SMILES string of the molecule is CC(C)(O)C(C)(C)O.CCCB(O)O. The third-order valence-corrected chi connectivity index (χ3v) is 2.04. The Morgan fingerprint density at radius 1 is 0.929 bits per heavy atom. The maximum atomic E-state index is 9.10. The molecular weight excluding hydrogens is 183 g/mol. The van der Waals surface area contributed by atoms with Crippen LogP contribution in [0.2, 0.25) is 6.32 Å². The lowest BCUT2D eigenvalue weighted by Gasteiger charge is -2.31. The molecule has 0 saturated carbocycles. The summed E-state index contributed by atoms with van der Waals surface area (Å²) in [7, 11) is -1.10. The quantitative estimate of drug-likeness (QED) is 0.504. The molecule has 0 heterocycles. The second-order valence-corrected chi connectivity index (χ2v) is 4.39. The number of hydrogen-bond donors (Lipinski definition) is 4.